The van der Waals surface area contributed by atoms with E-state index in [-0.39, 0.29) is 23.1 Å². The summed E-state index contributed by atoms with van der Waals surface area (Å²) in [6, 6.07) is 14.9. The summed E-state index contributed by atoms with van der Waals surface area (Å²) in [5, 5.41) is 0. The van der Waals surface area contributed by atoms with Gasteiger partial charge < -0.3 is 14.6 Å². The maximum absolute atomic E-state index is 14.1. The lowest BCUT2D eigenvalue weighted by molar-refractivity contribution is 0.0730. The van der Waals surface area contributed by atoms with E-state index < -0.39 is 5.82 Å². The Morgan fingerprint density at radius 1 is 1.18 bits per heavy atom. The number of benzene rings is 2. The number of carbonyl (C=O) groups excluding carboxylic acids is 1. The lowest BCUT2D eigenvalue weighted by atomic mass is 10.0. The number of nitrogens with zero attached hydrogens (tertiary/aromatic N) is 1. The molecule has 6 heteroatoms. The number of hydrogen-bond acceptors (Lipinski definition) is 3. The van der Waals surface area contributed by atoms with Gasteiger partial charge in [-0.15, -0.1) is 0 Å². The molecule has 0 bridgehead atoms. The van der Waals surface area contributed by atoms with Gasteiger partial charge in [0.15, 0.2) is 0 Å². The smallest absolute Gasteiger partial charge is 0.253 e. The van der Waals surface area contributed by atoms with E-state index in [1.807, 2.05) is 24.3 Å². The molecule has 142 valence electrons. The zero-order chi connectivity index (χ0) is 19.7. The van der Waals surface area contributed by atoms with E-state index in [1.165, 1.54) is 24.4 Å². The largest absolute Gasteiger partial charge is 0.488 e. The number of pyridine rings is 1. The van der Waals surface area contributed by atoms with E-state index in [0.717, 1.165) is 17.7 Å². The molecule has 5 nitrogen and oxygen atoms in total. The third-order valence-corrected chi connectivity index (χ3v) is 4.80. The molecule has 28 heavy (non-hydrogen) atoms. The average molecular weight is 378 g/mol. The van der Waals surface area contributed by atoms with E-state index >= 15 is 0 Å². The highest BCUT2D eigenvalue weighted by Crippen LogP contribution is 2.28. The minimum absolute atomic E-state index is 0.126. The van der Waals surface area contributed by atoms with Crippen molar-refractivity contribution in [2.75, 3.05) is 13.6 Å². The van der Waals surface area contributed by atoms with E-state index in [9.17, 15) is 14.0 Å². The summed E-state index contributed by atoms with van der Waals surface area (Å²) in [6.45, 7) is 0.401. The molecule has 0 aliphatic carbocycles. The van der Waals surface area contributed by atoms with Gasteiger partial charge in [-0.25, -0.2) is 4.39 Å². The number of H-pyrrole nitrogens is 1. The third kappa shape index (κ3) is 3.67. The normalized spacial score (nSPS) is 15.0. The van der Waals surface area contributed by atoms with Crippen LogP contribution in [0, 0.1) is 5.82 Å². The number of aromatic amines is 1. The molecular formula is C22H19FN2O3. The lowest BCUT2D eigenvalue weighted by Gasteiger charge is -2.21. The minimum atomic E-state index is -0.509. The van der Waals surface area contributed by atoms with Crippen molar-refractivity contribution in [2.24, 2.45) is 0 Å². The number of rotatable bonds is 4. The van der Waals surface area contributed by atoms with Crippen LogP contribution in [0.1, 0.15) is 15.9 Å². The van der Waals surface area contributed by atoms with E-state index in [4.69, 9.17) is 4.74 Å². The van der Waals surface area contributed by atoms with Gasteiger partial charge >= 0.3 is 0 Å². The predicted molar refractivity (Wildman–Crippen MR) is 104 cm³/mol. The highest BCUT2D eigenvalue weighted by atomic mass is 19.1. The summed E-state index contributed by atoms with van der Waals surface area (Å²) in [5.41, 5.74) is 2.29. The van der Waals surface area contributed by atoms with Crippen molar-refractivity contribution in [1.82, 2.24) is 9.88 Å². The van der Waals surface area contributed by atoms with Crippen molar-refractivity contribution in [1.29, 1.82) is 0 Å². The summed E-state index contributed by atoms with van der Waals surface area (Å²) in [6.07, 6.45) is 2.11. The van der Waals surface area contributed by atoms with E-state index in [2.05, 4.69) is 4.98 Å². The molecule has 0 spiro atoms. The molecule has 1 atom stereocenters. The van der Waals surface area contributed by atoms with Crippen LogP contribution in [0.3, 0.4) is 0 Å². The summed E-state index contributed by atoms with van der Waals surface area (Å²) in [4.78, 5) is 28.2. The van der Waals surface area contributed by atoms with Crippen molar-refractivity contribution in [2.45, 2.75) is 12.5 Å². The first-order valence-corrected chi connectivity index (χ1v) is 8.99. The monoisotopic (exact) mass is 378 g/mol. The SMILES string of the molecule is CN(CC1Cc2ccccc2O1)C(=O)c1cc(F)cc(-c2ccc(=O)[nH]c2)c1. The molecule has 1 aromatic heterocycles. The number of nitrogens with one attached hydrogen (secondary N) is 1. The second-order valence-corrected chi connectivity index (χ2v) is 6.91. The maximum atomic E-state index is 14.1. The number of carbonyl (C=O) groups is 1. The Kier molecular flexibility index (Phi) is 4.69. The van der Waals surface area contributed by atoms with Crippen LogP contribution in [0.5, 0.6) is 5.75 Å². The Morgan fingerprint density at radius 3 is 2.75 bits per heavy atom. The second-order valence-electron chi connectivity index (χ2n) is 6.91. The molecule has 1 N–H and O–H groups in total. The van der Waals surface area contributed by atoms with Crippen LogP contribution in [0.4, 0.5) is 4.39 Å². The molecule has 0 fully saturated rings. The van der Waals surface area contributed by atoms with Gasteiger partial charge in [-0.05, 0) is 47.0 Å². The maximum Gasteiger partial charge on any atom is 0.253 e. The number of likely N-dealkylation sites (N-methyl/N-ethyl adjacent to an activating group) is 1. The fraction of sp³-hybridized carbons (Fsp3) is 0.182. The molecule has 0 radical (unpaired) electrons. The molecular weight excluding hydrogens is 359 g/mol. The molecule has 1 aliphatic heterocycles. The van der Waals surface area contributed by atoms with Gasteiger partial charge in [0.2, 0.25) is 5.56 Å². The van der Waals surface area contributed by atoms with Crippen molar-refractivity contribution in [3.63, 3.8) is 0 Å². The first-order valence-electron chi connectivity index (χ1n) is 8.99. The topological polar surface area (TPSA) is 62.4 Å². The van der Waals surface area contributed by atoms with E-state index in [0.29, 0.717) is 17.7 Å². The molecule has 1 unspecified atom stereocenters. The predicted octanol–water partition coefficient (Wildman–Crippen LogP) is 3.26. The van der Waals surface area contributed by atoms with Gasteiger partial charge in [0, 0.05) is 31.3 Å². The zero-order valence-electron chi connectivity index (χ0n) is 15.3. The van der Waals surface area contributed by atoms with Crippen molar-refractivity contribution in [3.05, 3.63) is 88.1 Å². The first kappa shape index (κ1) is 18.0. The van der Waals surface area contributed by atoms with E-state index in [1.54, 1.807) is 24.1 Å². The standard InChI is InChI=1S/C22H19FN2O3/c1-25(13-19-11-14-4-2-3-5-20(14)28-19)22(27)17-8-16(9-18(23)10-17)15-6-7-21(26)24-12-15/h2-10,12,19H,11,13H2,1H3,(H,24,26). The van der Waals surface area contributed by atoms with Gasteiger partial charge in [0.1, 0.15) is 17.7 Å². The summed E-state index contributed by atoms with van der Waals surface area (Å²) in [7, 11) is 1.68. The first-order chi connectivity index (χ1) is 13.5. The van der Waals surface area contributed by atoms with Crippen molar-refractivity contribution in [3.8, 4) is 16.9 Å². The molecule has 2 heterocycles. The Morgan fingerprint density at radius 2 is 2.00 bits per heavy atom. The summed E-state index contributed by atoms with van der Waals surface area (Å²) < 4.78 is 20.0. The molecule has 0 saturated carbocycles. The highest BCUT2D eigenvalue weighted by molar-refractivity contribution is 5.95. The van der Waals surface area contributed by atoms with Crippen LogP contribution >= 0.6 is 0 Å². The summed E-state index contributed by atoms with van der Waals surface area (Å²) in [5.74, 6) is 0.0502. The van der Waals surface area contributed by atoms with Crippen LogP contribution < -0.4 is 10.3 Å². The van der Waals surface area contributed by atoms with Gasteiger partial charge in [0.05, 0.1) is 6.54 Å². The van der Waals surface area contributed by atoms with Crippen molar-refractivity contribution < 1.29 is 13.9 Å². The van der Waals surface area contributed by atoms with Crippen LogP contribution in [0.25, 0.3) is 11.1 Å². The van der Waals surface area contributed by atoms with Crippen LogP contribution in [-0.2, 0) is 6.42 Å². The molecule has 1 aliphatic rings. The number of fused-ring (bicyclic) bond motifs is 1. The highest BCUT2D eigenvalue weighted by Gasteiger charge is 2.25. The van der Waals surface area contributed by atoms with Gasteiger partial charge in [-0.3, -0.25) is 9.59 Å². The van der Waals surface area contributed by atoms with Gasteiger partial charge in [-0.1, -0.05) is 18.2 Å². The molecule has 1 amide bonds. The molecule has 3 aromatic rings. The number of halogens is 1. The lowest BCUT2D eigenvalue weighted by Crippen LogP contribution is -2.36. The Balaban J connectivity index is 1.51. The van der Waals surface area contributed by atoms with Crippen LogP contribution in [0.15, 0.2) is 65.6 Å². The number of amides is 1. The number of ether oxygens (including phenoxy) is 1. The van der Waals surface area contributed by atoms with Gasteiger partial charge in [0.25, 0.3) is 5.91 Å². The molecule has 4 rings (SSSR count). The second kappa shape index (κ2) is 7.31. The minimum Gasteiger partial charge on any atom is -0.488 e. The number of aromatic nitrogens is 1. The summed E-state index contributed by atoms with van der Waals surface area (Å²) >= 11 is 0. The Labute approximate surface area is 161 Å². The quantitative estimate of drug-likeness (QED) is 0.758. The number of para-hydroxylation sites is 1. The van der Waals surface area contributed by atoms with Crippen LogP contribution in [-0.4, -0.2) is 35.5 Å². The Hall–Kier alpha value is -3.41. The van der Waals surface area contributed by atoms with Crippen LogP contribution in [0.2, 0.25) is 0 Å². The van der Waals surface area contributed by atoms with Crippen molar-refractivity contribution >= 4 is 5.91 Å². The fourth-order valence-corrected chi connectivity index (χ4v) is 3.43. The average Bonchev–Trinajstić information content (AvgIpc) is 3.09. The zero-order valence-corrected chi connectivity index (χ0v) is 15.3. The molecule has 0 saturated heterocycles. The van der Waals surface area contributed by atoms with Gasteiger partial charge in [-0.2, -0.15) is 0 Å². The third-order valence-electron chi connectivity index (χ3n) is 4.80. The number of hydrogen-bond donors (Lipinski definition) is 1. The molecule has 2 aromatic carbocycles. The Bertz CT molecular complexity index is 1050. The fourth-order valence-electron chi connectivity index (χ4n) is 3.43.